The second-order valence-corrected chi connectivity index (χ2v) is 6.21. The van der Waals surface area contributed by atoms with E-state index in [4.69, 9.17) is 9.47 Å². The molecule has 3 aromatic rings. The van der Waals surface area contributed by atoms with Gasteiger partial charge in [0.05, 0.1) is 25.5 Å². The Bertz CT molecular complexity index is 890. The van der Waals surface area contributed by atoms with Gasteiger partial charge in [0.1, 0.15) is 5.82 Å². The molecular formula is C19H22N4O2. The molecule has 1 aliphatic rings. The van der Waals surface area contributed by atoms with Crippen LogP contribution in [0.3, 0.4) is 0 Å². The minimum absolute atomic E-state index is 0.0941. The Balaban J connectivity index is 1.63. The lowest BCUT2D eigenvalue weighted by Crippen LogP contribution is -2.12. The Hall–Kier alpha value is -2.76. The maximum absolute atomic E-state index is 5.80. The van der Waals surface area contributed by atoms with Crippen molar-refractivity contribution >= 4 is 11.5 Å². The number of fused-ring (bicyclic) bond motifs is 2. The third kappa shape index (κ3) is 3.12. The van der Waals surface area contributed by atoms with Crippen molar-refractivity contribution in [2.75, 3.05) is 18.5 Å². The van der Waals surface area contributed by atoms with E-state index in [-0.39, 0.29) is 6.04 Å². The molecule has 6 nitrogen and oxygen atoms in total. The second kappa shape index (κ2) is 6.63. The lowest BCUT2D eigenvalue weighted by atomic mass is 10.1. The first-order valence-corrected chi connectivity index (χ1v) is 8.74. The van der Waals surface area contributed by atoms with Gasteiger partial charge in [-0.25, -0.2) is 4.98 Å². The molecule has 1 aliphatic heterocycles. The normalized spacial score (nSPS) is 15.0. The number of nitrogens with one attached hydrogen (secondary N) is 1. The summed E-state index contributed by atoms with van der Waals surface area (Å²) in [5.41, 5.74) is 3.04. The zero-order valence-electron chi connectivity index (χ0n) is 14.5. The average Bonchev–Trinajstić information content (AvgIpc) is 2.98. The van der Waals surface area contributed by atoms with E-state index < -0.39 is 0 Å². The summed E-state index contributed by atoms with van der Waals surface area (Å²) in [5, 5.41) is 7.92. The van der Waals surface area contributed by atoms with Crippen molar-refractivity contribution in [3.05, 3.63) is 47.8 Å². The second-order valence-electron chi connectivity index (χ2n) is 6.21. The van der Waals surface area contributed by atoms with E-state index in [1.54, 1.807) is 6.20 Å². The molecule has 0 spiro atoms. The predicted molar refractivity (Wildman–Crippen MR) is 96.5 cm³/mol. The molecule has 0 saturated heterocycles. The first-order valence-electron chi connectivity index (χ1n) is 8.74. The molecule has 0 aliphatic carbocycles. The number of aromatic nitrogens is 3. The Kier molecular flexibility index (Phi) is 4.17. The van der Waals surface area contributed by atoms with Crippen LogP contribution in [-0.2, 0) is 6.42 Å². The van der Waals surface area contributed by atoms with Gasteiger partial charge in [-0.1, -0.05) is 13.0 Å². The highest BCUT2D eigenvalue weighted by Gasteiger charge is 2.15. The monoisotopic (exact) mass is 338 g/mol. The van der Waals surface area contributed by atoms with Crippen LogP contribution in [-0.4, -0.2) is 27.8 Å². The van der Waals surface area contributed by atoms with Gasteiger partial charge in [0, 0.05) is 24.2 Å². The standard InChI is InChI=1S/C19H22N4O2/c1-3-15-12-19(23-18(22-15)7-8-20-23)21-13(2)14-5-6-16-17(11-14)25-10-4-9-24-16/h5-8,11-13,21H,3-4,9-10H2,1-2H3. The third-order valence-corrected chi connectivity index (χ3v) is 4.41. The maximum Gasteiger partial charge on any atom is 0.161 e. The van der Waals surface area contributed by atoms with Crippen LogP contribution in [0, 0.1) is 0 Å². The number of nitrogens with zero attached hydrogens (tertiary/aromatic N) is 3. The Morgan fingerprint density at radius 2 is 2.00 bits per heavy atom. The summed E-state index contributed by atoms with van der Waals surface area (Å²) < 4.78 is 13.3. The van der Waals surface area contributed by atoms with Crippen molar-refractivity contribution in [2.45, 2.75) is 32.7 Å². The first kappa shape index (κ1) is 15.7. The Morgan fingerprint density at radius 3 is 2.84 bits per heavy atom. The fourth-order valence-corrected chi connectivity index (χ4v) is 3.00. The molecule has 3 heterocycles. The van der Waals surface area contributed by atoms with E-state index in [1.807, 2.05) is 16.6 Å². The minimum Gasteiger partial charge on any atom is -0.490 e. The number of hydrogen-bond donors (Lipinski definition) is 1. The van der Waals surface area contributed by atoms with Crippen molar-refractivity contribution in [2.24, 2.45) is 0 Å². The van der Waals surface area contributed by atoms with Gasteiger partial charge in [0.2, 0.25) is 0 Å². The fraction of sp³-hybridized carbons (Fsp3) is 0.368. The SMILES string of the molecule is CCc1cc(NC(C)c2ccc3c(c2)OCCCO3)n2nccc2n1. The molecule has 1 atom stereocenters. The summed E-state index contributed by atoms with van der Waals surface area (Å²) in [4.78, 5) is 4.59. The Morgan fingerprint density at radius 1 is 1.16 bits per heavy atom. The van der Waals surface area contributed by atoms with Gasteiger partial charge >= 0.3 is 0 Å². The number of anilines is 1. The molecule has 130 valence electrons. The molecule has 0 bridgehead atoms. The topological polar surface area (TPSA) is 60.7 Å². The van der Waals surface area contributed by atoms with Crippen LogP contribution in [0.25, 0.3) is 5.65 Å². The highest BCUT2D eigenvalue weighted by Crippen LogP contribution is 2.33. The third-order valence-electron chi connectivity index (χ3n) is 4.41. The minimum atomic E-state index is 0.0941. The highest BCUT2D eigenvalue weighted by molar-refractivity contribution is 5.51. The molecule has 6 heteroatoms. The number of hydrogen-bond acceptors (Lipinski definition) is 5. The summed E-state index contributed by atoms with van der Waals surface area (Å²) in [5.74, 6) is 2.57. The number of ether oxygens (including phenoxy) is 2. The van der Waals surface area contributed by atoms with Gasteiger partial charge in [-0.2, -0.15) is 9.61 Å². The number of benzene rings is 1. The molecule has 0 amide bonds. The van der Waals surface area contributed by atoms with E-state index in [1.165, 1.54) is 0 Å². The van der Waals surface area contributed by atoms with Crippen LogP contribution < -0.4 is 14.8 Å². The molecule has 1 unspecified atom stereocenters. The lowest BCUT2D eigenvalue weighted by molar-refractivity contribution is 0.297. The maximum atomic E-state index is 5.80. The van der Waals surface area contributed by atoms with Gasteiger partial charge < -0.3 is 14.8 Å². The number of rotatable bonds is 4. The highest BCUT2D eigenvalue weighted by atomic mass is 16.5. The van der Waals surface area contributed by atoms with Crippen LogP contribution in [0.2, 0.25) is 0 Å². The molecule has 0 saturated carbocycles. The van der Waals surface area contributed by atoms with Crippen molar-refractivity contribution in [1.82, 2.24) is 14.6 Å². The quantitative estimate of drug-likeness (QED) is 0.787. The molecule has 1 N–H and O–H groups in total. The van der Waals surface area contributed by atoms with Crippen LogP contribution >= 0.6 is 0 Å². The summed E-state index contributed by atoms with van der Waals surface area (Å²) in [6.45, 7) is 5.62. The lowest BCUT2D eigenvalue weighted by Gasteiger charge is -2.18. The van der Waals surface area contributed by atoms with Gasteiger partial charge in [-0.05, 0) is 31.0 Å². The summed E-state index contributed by atoms with van der Waals surface area (Å²) >= 11 is 0. The molecule has 0 radical (unpaired) electrons. The molecule has 0 fully saturated rings. The van der Waals surface area contributed by atoms with Crippen LogP contribution in [0.1, 0.15) is 37.6 Å². The van der Waals surface area contributed by atoms with Crippen molar-refractivity contribution in [1.29, 1.82) is 0 Å². The van der Waals surface area contributed by atoms with E-state index in [2.05, 4.69) is 47.4 Å². The zero-order valence-corrected chi connectivity index (χ0v) is 14.5. The van der Waals surface area contributed by atoms with E-state index in [0.29, 0.717) is 13.2 Å². The van der Waals surface area contributed by atoms with Crippen LogP contribution in [0.4, 0.5) is 5.82 Å². The molecule has 4 rings (SSSR count). The zero-order chi connectivity index (χ0) is 17.2. The molecular weight excluding hydrogens is 316 g/mol. The van der Waals surface area contributed by atoms with Gasteiger partial charge in [-0.3, -0.25) is 0 Å². The van der Waals surface area contributed by atoms with E-state index in [9.17, 15) is 0 Å². The smallest absolute Gasteiger partial charge is 0.161 e. The predicted octanol–water partition coefficient (Wildman–Crippen LogP) is 3.63. The summed E-state index contributed by atoms with van der Waals surface area (Å²) in [6.07, 6.45) is 3.56. The summed E-state index contributed by atoms with van der Waals surface area (Å²) in [7, 11) is 0. The summed E-state index contributed by atoms with van der Waals surface area (Å²) in [6, 6.07) is 10.2. The molecule has 2 aromatic heterocycles. The van der Waals surface area contributed by atoms with Crippen LogP contribution in [0.15, 0.2) is 36.5 Å². The molecule has 1 aromatic carbocycles. The van der Waals surface area contributed by atoms with E-state index in [0.717, 1.165) is 47.1 Å². The van der Waals surface area contributed by atoms with Gasteiger partial charge in [0.15, 0.2) is 17.1 Å². The Labute approximate surface area is 146 Å². The van der Waals surface area contributed by atoms with Crippen molar-refractivity contribution < 1.29 is 9.47 Å². The van der Waals surface area contributed by atoms with Gasteiger partial charge in [0.25, 0.3) is 0 Å². The molecule has 25 heavy (non-hydrogen) atoms. The largest absolute Gasteiger partial charge is 0.490 e. The van der Waals surface area contributed by atoms with Gasteiger partial charge in [-0.15, -0.1) is 0 Å². The fourth-order valence-electron chi connectivity index (χ4n) is 3.00. The number of aryl methyl sites for hydroxylation is 1. The van der Waals surface area contributed by atoms with Crippen LogP contribution in [0.5, 0.6) is 11.5 Å². The van der Waals surface area contributed by atoms with Crippen molar-refractivity contribution in [3.8, 4) is 11.5 Å². The first-order chi connectivity index (χ1) is 12.2. The van der Waals surface area contributed by atoms with Crippen molar-refractivity contribution in [3.63, 3.8) is 0 Å². The van der Waals surface area contributed by atoms with E-state index >= 15 is 0 Å². The average molecular weight is 338 g/mol.